The van der Waals surface area contributed by atoms with Gasteiger partial charge in [0.25, 0.3) is 0 Å². The molecule has 80 valence electrons. The van der Waals surface area contributed by atoms with Crippen LogP contribution < -0.4 is 0 Å². The molecule has 0 spiro atoms. The predicted octanol–water partition coefficient (Wildman–Crippen LogP) is 3.96. The van der Waals surface area contributed by atoms with Crippen molar-refractivity contribution in [2.75, 3.05) is 0 Å². The van der Waals surface area contributed by atoms with Crippen molar-refractivity contribution >= 4 is 33.3 Å². The zero-order valence-electron chi connectivity index (χ0n) is 9.05. The molecule has 0 bridgehead atoms. The highest BCUT2D eigenvalue weighted by Gasteiger charge is 2.04. The zero-order valence-corrected chi connectivity index (χ0v) is 9.05. The fourth-order valence-corrected chi connectivity index (χ4v) is 2.18. The molecule has 0 unspecified atom stereocenters. The fourth-order valence-electron chi connectivity index (χ4n) is 2.18. The molecule has 2 heteroatoms. The Morgan fingerprint density at radius 2 is 1.59 bits per heavy atom. The Morgan fingerprint density at radius 1 is 0.824 bits per heavy atom. The van der Waals surface area contributed by atoms with Crippen molar-refractivity contribution < 1.29 is 4.79 Å². The van der Waals surface area contributed by atoms with Gasteiger partial charge in [0.15, 0.2) is 0 Å². The molecule has 0 aliphatic heterocycles. The summed E-state index contributed by atoms with van der Waals surface area (Å²) in [7, 11) is 0. The van der Waals surface area contributed by atoms with Crippen LogP contribution in [0.15, 0.2) is 59.6 Å². The number of aliphatic imine (C=N–C) groups is 1. The topological polar surface area (TPSA) is 29.4 Å². The van der Waals surface area contributed by atoms with E-state index in [2.05, 4.69) is 17.1 Å². The van der Waals surface area contributed by atoms with Crippen LogP contribution >= 0.6 is 0 Å². The van der Waals surface area contributed by atoms with Crippen LogP contribution in [0.4, 0.5) is 5.69 Å². The standard InChI is InChI=1S/C15H9NO/c17-10-16-14-7-3-5-12-9-8-11-4-1-2-6-13(11)15(12)14/h1-9H. The Kier molecular flexibility index (Phi) is 2.21. The lowest BCUT2D eigenvalue weighted by Crippen LogP contribution is -1.78. The summed E-state index contributed by atoms with van der Waals surface area (Å²) >= 11 is 0. The summed E-state index contributed by atoms with van der Waals surface area (Å²) in [5.74, 6) is 0. The second-order valence-electron chi connectivity index (χ2n) is 3.87. The van der Waals surface area contributed by atoms with Gasteiger partial charge in [0, 0.05) is 5.39 Å². The maximum atomic E-state index is 10.5. The van der Waals surface area contributed by atoms with Crippen LogP contribution in [0.2, 0.25) is 0 Å². The molecule has 0 N–H and O–H groups in total. The summed E-state index contributed by atoms with van der Waals surface area (Å²) in [6.45, 7) is 0. The van der Waals surface area contributed by atoms with Crippen LogP contribution in [-0.4, -0.2) is 6.08 Å². The van der Waals surface area contributed by atoms with E-state index in [9.17, 15) is 4.79 Å². The van der Waals surface area contributed by atoms with Crippen molar-refractivity contribution in [1.29, 1.82) is 0 Å². The van der Waals surface area contributed by atoms with E-state index in [4.69, 9.17) is 0 Å². The molecule has 3 aromatic rings. The molecule has 0 heterocycles. The molecular formula is C15H9NO. The van der Waals surface area contributed by atoms with E-state index in [0.717, 1.165) is 21.5 Å². The van der Waals surface area contributed by atoms with Crippen LogP contribution in [0.5, 0.6) is 0 Å². The molecule has 0 saturated heterocycles. The summed E-state index contributed by atoms with van der Waals surface area (Å²) in [4.78, 5) is 14.2. The fraction of sp³-hybridized carbons (Fsp3) is 0. The van der Waals surface area contributed by atoms with Gasteiger partial charge in [0.1, 0.15) is 0 Å². The van der Waals surface area contributed by atoms with Crippen molar-refractivity contribution in [1.82, 2.24) is 0 Å². The molecular weight excluding hydrogens is 210 g/mol. The number of carbonyl (C=O) groups excluding carboxylic acids is 1. The lowest BCUT2D eigenvalue weighted by molar-refractivity contribution is 0.565. The largest absolute Gasteiger partial charge is 0.240 e. The molecule has 17 heavy (non-hydrogen) atoms. The van der Waals surface area contributed by atoms with E-state index >= 15 is 0 Å². The van der Waals surface area contributed by atoms with Crippen molar-refractivity contribution in [3.8, 4) is 0 Å². The normalized spacial score (nSPS) is 10.4. The van der Waals surface area contributed by atoms with Gasteiger partial charge in [-0.15, -0.1) is 0 Å². The molecule has 0 radical (unpaired) electrons. The molecule has 3 rings (SSSR count). The highest BCUT2D eigenvalue weighted by atomic mass is 16.1. The molecule has 0 saturated carbocycles. The van der Waals surface area contributed by atoms with E-state index in [1.165, 1.54) is 0 Å². The van der Waals surface area contributed by atoms with E-state index in [0.29, 0.717) is 5.69 Å². The lowest BCUT2D eigenvalue weighted by atomic mass is 10.0. The molecule has 2 nitrogen and oxygen atoms in total. The second kappa shape index (κ2) is 3.85. The summed E-state index contributed by atoms with van der Waals surface area (Å²) in [5.41, 5.74) is 0.675. The van der Waals surface area contributed by atoms with Gasteiger partial charge in [-0.3, -0.25) is 0 Å². The van der Waals surface area contributed by atoms with Gasteiger partial charge < -0.3 is 0 Å². The van der Waals surface area contributed by atoms with Gasteiger partial charge in [-0.1, -0.05) is 48.5 Å². The SMILES string of the molecule is O=C=Nc1cccc2ccc3ccccc3c12. The smallest absolute Gasteiger partial charge is 0.211 e. The minimum Gasteiger partial charge on any atom is -0.211 e. The number of hydrogen-bond donors (Lipinski definition) is 0. The number of isocyanates is 1. The first kappa shape index (κ1) is 9.76. The van der Waals surface area contributed by atoms with E-state index in [1.54, 1.807) is 6.08 Å². The van der Waals surface area contributed by atoms with Gasteiger partial charge >= 0.3 is 0 Å². The minimum atomic E-state index is 0.675. The molecule has 0 fully saturated rings. The Labute approximate surface area is 98.2 Å². The average molecular weight is 219 g/mol. The summed E-state index contributed by atoms with van der Waals surface area (Å²) in [6, 6.07) is 18.0. The summed E-state index contributed by atoms with van der Waals surface area (Å²) in [5, 5.41) is 4.35. The number of benzene rings is 3. The van der Waals surface area contributed by atoms with E-state index in [1.807, 2.05) is 42.5 Å². The van der Waals surface area contributed by atoms with Crippen molar-refractivity contribution in [3.05, 3.63) is 54.6 Å². The molecule has 0 aliphatic rings. The summed E-state index contributed by atoms with van der Waals surface area (Å²) < 4.78 is 0. The lowest BCUT2D eigenvalue weighted by Gasteiger charge is -2.05. The number of fused-ring (bicyclic) bond motifs is 3. The second-order valence-corrected chi connectivity index (χ2v) is 3.87. The van der Waals surface area contributed by atoms with Crippen molar-refractivity contribution in [3.63, 3.8) is 0 Å². The number of hydrogen-bond acceptors (Lipinski definition) is 2. The minimum absolute atomic E-state index is 0.675. The third-order valence-electron chi connectivity index (χ3n) is 2.91. The third-order valence-corrected chi connectivity index (χ3v) is 2.91. The quantitative estimate of drug-likeness (QED) is 0.346. The van der Waals surface area contributed by atoms with E-state index < -0.39 is 0 Å². The number of rotatable bonds is 1. The molecule has 0 atom stereocenters. The van der Waals surface area contributed by atoms with Crippen LogP contribution in [0.3, 0.4) is 0 Å². The van der Waals surface area contributed by atoms with Crippen LogP contribution in [0, 0.1) is 0 Å². The Balaban J connectivity index is 2.58. The van der Waals surface area contributed by atoms with Gasteiger partial charge in [0.2, 0.25) is 6.08 Å². The van der Waals surface area contributed by atoms with Crippen LogP contribution in [-0.2, 0) is 4.79 Å². The van der Waals surface area contributed by atoms with Crippen molar-refractivity contribution in [2.24, 2.45) is 4.99 Å². The van der Waals surface area contributed by atoms with Crippen LogP contribution in [0.25, 0.3) is 21.5 Å². The van der Waals surface area contributed by atoms with Gasteiger partial charge in [-0.2, -0.15) is 4.99 Å². The Hall–Kier alpha value is -2.44. The number of nitrogens with zero attached hydrogens (tertiary/aromatic N) is 1. The van der Waals surface area contributed by atoms with Crippen molar-refractivity contribution in [2.45, 2.75) is 0 Å². The van der Waals surface area contributed by atoms with Gasteiger partial charge in [0.05, 0.1) is 5.69 Å². The third kappa shape index (κ3) is 1.52. The Bertz CT molecular complexity index is 755. The highest BCUT2D eigenvalue weighted by molar-refractivity contribution is 6.12. The first-order valence-corrected chi connectivity index (χ1v) is 5.38. The predicted molar refractivity (Wildman–Crippen MR) is 69.2 cm³/mol. The monoisotopic (exact) mass is 219 g/mol. The molecule has 0 aromatic heterocycles. The molecule has 0 amide bonds. The first-order chi connectivity index (χ1) is 8.40. The molecule has 3 aromatic carbocycles. The average Bonchev–Trinajstić information content (AvgIpc) is 2.39. The Morgan fingerprint density at radius 3 is 2.47 bits per heavy atom. The van der Waals surface area contributed by atoms with Gasteiger partial charge in [-0.05, 0) is 22.2 Å². The maximum Gasteiger partial charge on any atom is 0.240 e. The van der Waals surface area contributed by atoms with Gasteiger partial charge in [-0.25, -0.2) is 4.79 Å². The highest BCUT2D eigenvalue weighted by Crippen LogP contribution is 2.32. The van der Waals surface area contributed by atoms with Crippen LogP contribution in [0.1, 0.15) is 0 Å². The first-order valence-electron chi connectivity index (χ1n) is 5.38. The molecule has 0 aliphatic carbocycles. The summed E-state index contributed by atoms with van der Waals surface area (Å²) in [6.07, 6.45) is 1.62. The zero-order chi connectivity index (χ0) is 11.7. The van der Waals surface area contributed by atoms with E-state index in [-0.39, 0.29) is 0 Å². The maximum absolute atomic E-state index is 10.5.